The second kappa shape index (κ2) is 9.30. The number of rotatable bonds is 4. The summed E-state index contributed by atoms with van der Waals surface area (Å²) in [6, 6.07) is 3.15. The topological polar surface area (TPSA) is 197 Å². The van der Waals surface area contributed by atoms with E-state index in [2.05, 4.69) is 0 Å². The lowest BCUT2D eigenvalue weighted by atomic mass is 9.72. The Hall–Kier alpha value is -3.06. The number of ether oxygens (including phenoxy) is 2. The average molecular weight is 548 g/mol. The molecule has 0 spiro atoms. The fourth-order valence-corrected chi connectivity index (χ4v) is 5.82. The molecule has 1 aliphatic heterocycles. The SMILES string of the molecule is CC1OC(OC2CC(O)(C(=O)CCl)Cc3c(O)c4c(c(O)c32)C(=O)c2c(O)cccc2C4=O)CC(N)C1O. The van der Waals surface area contributed by atoms with Crippen molar-refractivity contribution in [1.29, 1.82) is 0 Å². The number of carbonyl (C=O) groups excluding carboxylic acids is 3. The summed E-state index contributed by atoms with van der Waals surface area (Å²) in [4.78, 5) is 39.4. The van der Waals surface area contributed by atoms with Crippen LogP contribution in [0.15, 0.2) is 18.2 Å². The van der Waals surface area contributed by atoms with Gasteiger partial charge in [-0.25, -0.2) is 0 Å². The van der Waals surface area contributed by atoms with Gasteiger partial charge in [-0.2, -0.15) is 0 Å². The molecule has 0 amide bonds. The fraction of sp³-hybridized carbons (Fsp3) is 0.423. The highest BCUT2D eigenvalue weighted by molar-refractivity contribution is 6.31. The van der Waals surface area contributed by atoms with E-state index in [1.807, 2.05) is 0 Å². The molecule has 5 rings (SSSR count). The predicted molar refractivity (Wildman–Crippen MR) is 131 cm³/mol. The van der Waals surface area contributed by atoms with Gasteiger partial charge in [0.05, 0.1) is 40.9 Å². The lowest BCUT2D eigenvalue weighted by Gasteiger charge is -2.42. The highest BCUT2D eigenvalue weighted by Crippen LogP contribution is 2.52. The fourth-order valence-electron chi connectivity index (χ4n) is 5.57. The zero-order valence-corrected chi connectivity index (χ0v) is 20.9. The summed E-state index contributed by atoms with van der Waals surface area (Å²) in [7, 11) is 0. The largest absolute Gasteiger partial charge is 0.507 e. The Kier molecular flexibility index (Phi) is 6.49. The number of ketones is 3. The van der Waals surface area contributed by atoms with Gasteiger partial charge in [0.15, 0.2) is 17.9 Å². The highest BCUT2D eigenvalue weighted by atomic mass is 35.5. The standard InChI is InChI=1S/C26H26ClNO10/c1-9-21(31)12(28)5-16(37-9)38-14-7-26(36,15(30)8-27)6-11-18(14)25(35)20-19(23(11)33)22(32)10-3-2-4-13(29)17(10)24(20)34/h2-4,9,12,14,16,21,29,31,33,35-36H,5-8,28H2,1H3. The van der Waals surface area contributed by atoms with Crippen LogP contribution in [-0.2, 0) is 20.7 Å². The molecule has 12 heteroatoms. The number of aliphatic hydroxyl groups excluding tert-OH is 1. The number of alkyl halides is 1. The molecule has 2 aromatic carbocycles. The van der Waals surface area contributed by atoms with E-state index in [0.717, 1.165) is 0 Å². The predicted octanol–water partition coefficient (Wildman–Crippen LogP) is 0.945. The Morgan fingerprint density at radius 3 is 2.50 bits per heavy atom. The number of carbonyl (C=O) groups is 3. The van der Waals surface area contributed by atoms with Crippen LogP contribution in [0.1, 0.15) is 68.8 Å². The summed E-state index contributed by atoms with van der Waals surface area (Å²) in [6.45, 7) is 1.58. The van der Waals surface area contributed by atoms with Crippen molar-refractivity contribution in [2.24, 2.45) is 5.73 Å². The molecule has 202 valence electrons. The molecular weight excluding hydrogens is 522 g/mol. The number of nitrogens with two attached hydrogens (primary N) is 1. The first-order valence-corrected chi connectivity index (χ1v) is 12.5. The van der Waals surface area contributed by atoms with Crippen LogP contribution < -0.4 is 5.73 Å². The first kappa shape index (κ1) is 26.5. The van der Waals surface area contributed by atoms with E-state index in [1.165, 1.54) is 18.2 Å². The van der Waals surface area contributed by atoms with Crippen LogP contribution in [0.5, 0.6) is 17.2 Å². The monoisotopic (exact) mass is 547 g/mol. The smallest absolute Gasteiger partial charge is 0.202 e. The minimum absolute atomic E-state index is 0.0234. The molecule has 1 fully saturated rings. The van der Waals surface area contributed by atoms with Crippen LogP contribution in [0, 0.1) is 0 Å². The molecular formula is C26H26ClNO10. The third-order valence-corrected chi connectivity index (χ3v) is 7.82. The van der Waals surface area contributed by atoms with Crippen molar-refractivity contribution in [3.05, 3.63) is 51.6 Å². The second-order valence-electron chi connectivity index (χ2n) is 9.95. The van der Waals surface area contributed by atoms with Gasteiger partial charge in [0, 0.05) is 42.0 Å². The van der Waals surface area contributed by atoms with Gasteiger partial charge >= 0.3 is 0 Å². The summed E-state index contributed by atoms with van der Waals surface area (Å²) in [6.07, 6.45) is -4.98. The Bertz CT molecular complexity index is 1360. The minimum atomic E-state index is -2.14. The third-order valence-electron chi connectivity index (χ3n) is 7.58. The molecule has 6 unspecified atom stereocenters. The lowest BCUT2D eigenvalue weighted by Crippen LogP contribution is -2.52. The quantitative estimate of drug-likeness (QED) is 0.201. The molecule has 3 aliphatic rings. The van der Waals surface area contributed by atoms with Crippen LogP contribution in [0.4, 0.5) is 0 Å². The van der Waals surface area contributed by atoms with Crippen LogP contribution in [0.2, 0.25) is 0 Å². The van der Waals surface area contributed by atoms with Crippen LogP contribution in [0.3, 0.4) is 0 Å². The summed E-state index contributed by atoms with van der Waals surface area (Å²) < 4.78 is 11.7. The van der Waals surface area contributed by atoms with Gasteiger partial charge in [-0.05, 0) is 13.0 Å². The number of fused-ring (bicyclic) bond motifs is 3. The Labute approximate surface area is 221 Å². The Morgan fingerprint density at radius 2 is 1.84 bits per heavy atom. The van der Waals surface area contributed by atoms with Crippen molar-refractivity contribution in [2.45, 2.75) is 62.4 Å². The summed E-state index contributed by atoms with van der Waals surface area (Å²) in [5.41, 5.74) is 2.01. The van der Waals surface area contributed by atoms with Crippen molar-refractivity contribution in [3.63, 3.8) is 0 Å². The molecule has 2 aliphatic carbocycles. The van der Waals surface area contributed by atoms with Crippen molar-refractivity contribution in [3.8, 4) is 17.2 Å². The number of phenolic OH excluding ortho intramolecular Hbond substituents is 3. The number of aliphatic hydroxyl groups is 2. The van der Waals surface area contributed by atoms with Gasteiger partial charge in [0.25, 0.3) is 0 Å². The second-order valence-corrected chi connectivity index (χ2v) is 10.2. The zero-order chi connectivity index (χ0) is 27.7. The molecule has 0 saturated carbocycles. The number of halogens is 1. The third kappa shape index (κ3) is 3.89. The van der Waals surface area contributed by atoms with E-state index < -0.39 is 101 Å². The minimum Gasteiger partial charge on any atom is -0.507 e. The molecule has 0 radical (unpaired) electrons. The van der Waals surface area contributed by atoms with E-state index >= 15 is 0 Å². The van der Waals surface area contributed by atoms with E-state index in [1.54, 1.807) is 6.92 Å². The lowest BCUT2D eigenvalue weighted by molar-refractivity contribution is -0.247. The first-order chi connectivity index (χ1) is 17.9. The Morgan fingerprint density at radius 1 is 1.16 bits per heavy atom. The molecule has 2 aromatic rings. The van der Waals surface area contributed by atoms with Gasteiger partial charge in [-0.1, -0.05) is 12.1 Å². The molecule has 1 saturated heterocycles. The molecule has 7 N–H and O–H groups in total. The molecule has 0 aromatic heterocycles. The number of Topliss-reactive ketones (excluding diaryl/α,β-unsaturated/α-hetero) is 1. The number of benzene rings is 2. The number of hydrogen-bond acceptors (Lipinski definition) is 11. The molecule has 38 heavy (non-hydrogen) atoms. The maximum absolute atomic E-state index is 13.4. The van der Waals surface area contributed by atoms with E-state index in [-0.39, 0.29) is 28.7 Å². The van der Waals surface area contributed by atoms with E-state index in [9.17, 15) is 39.9 Å². The zero-order valence-electron chi connectivity index (χ0n) is 20.2. The van der Waals surface area contributed by atoms with Crippen molar-refractivity contribution >= 4 is 29.0 Å². The summed E-state index contributed by atoms with van der Waals surface area (Å²) >= 11 is 5.74. The van der Waals surface area contributed by atoms with Gasteiger partial charge < -0.3 is 40.7 Å². The average Bonchev–Trinajstić information content (AvgIpc) is 2.86. The molecule has 6 atom stereocenters. The number of hydrogen-bond donors (Lipinski definition) is 6. The summed E-state index contributed by atoms with van der Waals surface area (Å²) in [5, 5.41) is 54.3. The van der Waals surface area contributed by atoms with Crippen LogP contribution in [-0.4, -0.2) is 78.9 Å². The molecule has 0 bridgehead atoms. The van der Waals surface area contributed by atoms with E-state index in [0.29, 0.717) is 0 Å². The van der Waals surface area contributed by atoms with E-state index in [4.69, 9.17) is 26.8 Å². The van der Waals surface area contributed by atoms with Crippen LogP contribution >= 0.6 is 11.6 Å². The maximum Gasteiger partial charge on any atom is 0.202 e. The Balaban J connectivity index is 1.68. The maximum atomic E-state index is 13.4. The van der Waals surface area contributed by atoms with Gasteiger partial charge in [-0.15, -0.1) is 11.6 Å². The normalized spacial score (nSPS) is 30.4. The highest BCUT2D eigenvalue weighted by Gasteiger charge is 2.50. The van der Waals surface area contributed by atoms with Gasteiger partial charge in [-0.3, -0.25) is 14.4 Å². The van der Waals surface area contributed by atoms with Gasteiger partial charge in [0.2, 0.25) is 5.78 Å². The van der Waals surface area contributed by atoms with Crippen molar-refractivity contribution < 1.29 is 49.4 Å². The van der Waals surface area contributed by atoms with Crippen molar-refractivity contribution in [1.82, 2.24) is 0 Å². The summed E-state index contributed by atoms with van der Waals surface area (Å²) in [5.74, 6) is -4.95. The molecule has 11 nitrogen and oxygen atoms in total. The number of phenols is 3. The van der Waals surface area contributed by atoms with Crippen LogP contribution in [0.25, 0.3) is 0 Å². The first-order valence-electron chi connectivity index (χ1n) is 12.0. The van der Waals surface area contributed by atoms with Crippen molar-refractivity contribution in [2.75, 3.05) is 5.88 Å². The molecule has 1 heterocycles. The van der Waals surface area contributed by atoms with Gasteiger partial charge in [0.1, 0.15) is 22.8 Å². The number of aromatic hydroxyl groups is 3.